The van der Waals surface area contributed by atoms with Crippen molar-refractivity contribution in [3.05, 3.63) is 46.5 Å². The molecule has 1 aliphatic rings. The molecule has 0 spiro atoms. The standard InChI is InChI=1S/C15H15BrN2O2/c1-10(19)14-6-11(16)2-5-15(14)20-8-13-7-17-9-18(13)12-3-4-12/h2,5-7,9,12H,3-4,8H2,1H3. The van der Waals surface area contributed by atoms with Crippen molar-refractivity contribution in [1.82, 2.24) is 9.55 Å². The highest BCUT2D eigenvalue weighted by atomic mass is 79.9. The van der Waals surface area contributed by atoms with Crippen LogP contribution in [0, 0.1) is 0 Å². The van der Waals surface area contributed by atoms with Crippen LogP contribution in [0.4, 0.5) is 0 Å². The molecule has 4 nitrogen and oxygen atoms in total. The first-order chi connectivity index (χ1) is 9.65. The monoisotopic (exact) mass is 334 g/mol. The number of ether oxygens (including phenoxy) is 1. The van der Waals surface area contributed by atoms with Gasteiger partial charge in [0.05, 0.1) is 23.8 Å². The lowest BCUT2D eigenvalue weighted by Crippen LogP contribution is -2.06. The van der Waals surface area contributed by atoms with E-state index in [1.807, 2.05) is 24.7 Å². The first-order valence-corrected chi connectivity index (χ1v) is 7.38. The van der Waals surface area contributed by atoms with Gasteiger partial charge in [-0.1, -0.05) is 15.9 Å². The van der Waals surface area contributed by atoms with Crippen molar-refractivity contribution < 1.29 is 9.53 Å². The minimum absolute atomic E-state index is 0.00278. The van der Waals surface area contributed by atoms with E-state index in [9.17, 15) is 4.79 Å². The zero-order chi connectivity index (χ0) is 14.1. The van der Waals surface area contributed by atoms with Crippen LogP contribution in [0.25, 0.3) is 0 Å². The summed E-state index contributed by atoms with van der Waals surface area (Å²) in [6.45, 7) is 1.97. The predicted molar refractivity (Wildman–Crippen MR) is 79.0 cm³/mol. The lowest BCUT2D eigenvalue weighted by atomic mass is 10.1. The van der Waals surface area contributed by atoms with Gasteiger partial charge in [0.15, 0.2) is 5.78 Å². The summed E-state index contributed by atoms with van der Waals surface area (Å²) in [5.74, 6) is 0.612. The van der Waals surface area contributed by atoms with E-state index in [4.69, 9.17) is 4.74 Å². The Morgan fingerprint density at radius 1 is 1.50 bits per heavy atom. The second-order valence-corrected chi connectivity index (χ2v) is 5.92. The summed E-state index contributed by atoms with van der Waals surface area (Å²) < 4.78 is 8.85. The van der Waals surface area contributed by atoms with Gasteiger partial charge in [-0.3, -0.25) is 4.79 Å². The van der Waals surface area contributed by atoms with Gasteiger partial charge in [0, 0.05) is 10.5 Å². The Bertz CT molecular complexity index is 647. The molecule has 1 heterocycles. The molecule has 2 aromatic rings. The third-order valence-corrected chi connectivity index (χ3v) is 3.88. The minimum atomic E-state index is -0.00278. The fraction of sp³-hybridized carbons (Fsp3) is 0.333. The van der Waals surface area contributed by atoms with Crippen LogP contribution in [0.15, 0.2) is 35.2 Å². The van der Waals surface area contributed by atoms with Crippen molar-refractivity contribution in [3.63, 3.8) is 0 Å². The largest absolute Gasteiger partial charge is 0.487 e. The van der Waals surface area contributed by atoms with Crippen molar-refractivity contribution in [2.24, 2.45) is 0 Å². The Balaban J connectivity index is 1.78. The predicted octanol–water partition coefficient (Wildman–Crippen LogP) is 3.76. The van der Waals surface area contributed by atoms with Gasteiger partial charge in [0.1, 0.15) is 12.4 Å². The number of Topliss-reactive ketones (excluding diaryl/α,β-unsaturated/α-hetero) is 1. The van der Waals surface area contributed by atoms with Crippen LogP contribution in [0.2, 0.25) is 0 Å². The van der Waals surface area contributed by atoms with Crippen LogP contribution in [0.5, 0.6) is 5.75 Å². The highest BCUT2D eigenvalue weighted by molar-refractivity contribution is 9.10. The van der Waals surface area contributed by atoms with Crippen molar-refractivity contribution in [2.75, 3.05) is 0 Å². The van der Waals surface area contributed by atoms with Crippen molar-refractivity contribution >= 4 is 21.7 Å². The van der Waals surface area contributed by atoms with Gasteiger partial charge in [0.2, 0.25) is 0 Å². The molecule has 1 aliphatic carbocycles. The lowest BCUT2D eigenvalue weighted by Gasteiger charge is -2.11. The van der Waals surface area contributed by atoms with E-state index >= 15 is 0 Å². The maximum absolute atomic E-state index is 11.6. The molecule has 0 atom stereocenters. The first kappa shape index (κ1) is 13.4. The van der Waals surface area contributed by atoms with Crippen molar-refractivity contribution in [3.8, 4) is 5.75 Å². The molecule has 0 radical (unpaired) electrons. The summed E-state index contributed by atoms with van der Waals surface area (Å²) >= 11 is 3.37. The summed E-state index contributed by atoms with van der Waals surface area (Å²) in [6.07, 6.45) is 6.09. The molecule has 1 aromatic heterocycles. The molecular formula is C15H15BrN2O2. The van der Waals surface area contributed by atoms with Gasteiger partial charge >= 0.3 is 0 Å². The van der Waals surface area contributed by atoms with Gasteiger partial charge in [-0.05, 0) is 38.0 Å². The van der Waals surface area contributed by atoms with E-state index in [1.54, 1.807) is 13.0 Å². The fourth-order valence-corrected chi connectivity index (χ4v) is 2.54. The number of halogens is 1. The smallest absolute Gasteiger partial charge is 0.163 e. The molecule has 0 bridgehead atoms. The molecule has 1 aromatic carbocycles. The Labute approximate surface area is 125 Å². The van der Waals surface area contributed by atoms with Crippen molar-refractivity contribution in [2.45, 2.75) is 32.4 Å². The fourth-order valence-electron chi connectivity index (χ4n) is 2.18. The third-order valence-electron chi connectivity index (χ3n) is 3.38. The molecule has 1 fully saturated rings. The van der Waals surface area contributed by atoms with Crippen LogP contribution >= 0.6 is 15.9 Å². The molecular weight excluding hydrogens is 320 g/mol. The number of aromatic nitrogens is 2. The van der Waals surface area contributed by atoms with E-state index < -0.39 is 0 Å². The topological polar surface area (TPSA) is 44.1 Å². The molecule has 20 heavy (non-hydrogen) atoms. The quantitative estimate of drug-likeness (QED) is 0.782. The maximum atomic E-state index is 11.6. The Hall–Kier alpha value is -1.62. The van der Waals surface area contributed by atoms with Crippen LogP contribution in [0.1, 0.15) is 41.9 Å². The first-order valence-electron chi connectivity index (χ1n) is 6.59. The molecule has 0 saturated heterocycles. The van der Waals surface area contributed by atoms with E-state index in [1.165, 1.54) is 12.8 Å². The van der Waals surface area contributed by atoms with Crippen LogP contribution in [0.3, 0.4) is 0 Å². The van der Waals surface area contributed by atoms with Crippen LogP contribution < -0.4 is 4.74 Å². The SMILES string of the molecule is CC(=O)c1cc(Br)ccc1OCc1cncn1C1CC1. The number of rotatable bonds is 5. The zero-order valence-electron chi connectivity index (χ0n) is 11.2. The molecule has 0 aliphatic heterocycles. The minimum Gasteiger partial charge on any atom is -0.487 e. The summed E-state index contributed by atoms with van der Waals surface area (Å²) in [4.78, 5) is 15.8. The second kappa shape index (κ2) is 5.40. The van der Waals surface area contributed by atoms with Crippen LogP contribution in [-0.2, 0) is 6.61 Å². The summed E-state index contributed by atoms with van der Waals surface area (Å²) in [5.41, 5.74) is 1.64. The van der Waals surface area contributed by atoms with Gasteiger partial charge in [-0.2, -0.15) is 0 Å². The average Bonchev–Trinajstić information content (AvgIpc) is 3.16. The molecule has 0 amide bonds. The summed E-state index contributed by atoms with van der Waals surface area (Å²) in [7, 11) is 0. The third kappa shape index (κ3) is 2.77. The van der Waals surface area contributed by atoms with Gasteiger partial charge in [0.25, 0.3) is 0 Å². The van der Waals surface area contributed by atoms with E-state index in [-0.39, 0.29) is 5.78 Å². The molecule has 3 rings (SSSR count). The number of carbonyl (C=O) groups is 1. The lowest BCUT2D eigenvalue weighted by molar-refractivity contribution is 0.101. The Morgan fingerprint density at radius 2 is 2.30 bits per heavy atom. The van der Waals surface area contributed by atoms with Gasteiger partial charge in [-0.25, -0.2) is 4.98 Å². The number of carbonyl (C=O) groups excluding carboxylic acids is 1. The summed E-state index contributed by atoms with van der Waals surface area (Å²) in [5, 5.41) is 0. The van der Waals surface area contributed by atoms with E-state index in [0.717, 1.165) is 10.2 Å². The Kier molecular flexibility index (Phi) is 3.61. The summed E-state index contributed by atoms with van der Waals surface area (Å²) in [6, 6.07) is 6.06. The maximum Gasteiger partial charge on any atom is 0.163 e. The number of ketones is 1. The number of imidazole rings is 1. The highest BCUT2D eigenvalue weighted by Crippen LogP contribution is 2.36. The molecule has 0 unspecified atom stereocenters. The number of hydrogen-bond acceptors (Lipinski definition) is 3. The number of benzene rings is 1. The van der Waals surface area contributed by atoms with Gasteiger partial charge < -0.3 is 9.30 Å². The molecule has 0 N–H and O–H groups in total. The average molecular weight is 335 g/mol. The van der Waals surface area contributed by atoms with Crippen molar-refractivity contribution in [1.29, 1.82) is 0 Å². The second-order valence-electron chi connectivity index (χ2n) is 5.01. The van der Waals surface area contributed by atoms with Crippen LogP contribution in [-0.4, -0.2) is 15.3 Å². The normalized spacial score (nSPS) is 14.3. The number of nitrogens with zero attached hydrogens (tertiary/aromatic N) is 2. The van der Waals surface area contributed by atoms with E-state index in [2.05, 4.69) is 25.5 Å². The number of hydrogen-bond donors (Lipinski definition) is 0. The molecule has 5 heteroatoms. The zero-order valence-corrected chi connectivity index (χ0v) is 12.8. The highest BCUT2D eigenvalue weighted by Gasteiger charge is 2.25. The molecule has 1 saturated carbocycles. The van der Waals surface area contributed by atoms with Gasteiger partial charge in [-0.15, -0.1) is 0 Å². The Morgan fingerprint density at radius 3 is 3.00 bits per heavy atom. The van der Waals surface area contributed by atoms with E-state index in [0.29, 0.717) is 24.0 Å². The molecule has 104 valence electrons.